The Balaban J connectivity index is 1.78. The van der Waals surface area contributed by atoms with E-state index >= 15 is 0 Å². The van der Waals surface area contributed by atoms with Gasteiger partial charge in [0, 0.05) is 51.6 Å². The van der Waals surface area contributed by atoms with Crippen molar-refractivity contribution < 1.29 is 9.32 Å². The molecule has 2 N–H and O–H groups in total. The van der Waals surface area contributed by atoms with Crippen molar-refractivity contribution in [3.8, 4) is 0 Å². The van der Waals surface area contributed by atoms with E-state index in [-0.39, 0.29) is 5.91 Å². The van der Waals surface area contributed by atoms with Gasteiger partial charge in [-0.25, -0.2) is 0 Å². The Hall–Kier alpha value is -2.05. The lowest BCUT2D eigenvalue weighted by Gasteiger charge is -2.31. The van der Waals surface area contributed by atoms with Crippen LogP contribution < -0.4 is 10.6 Å². The lowest BCUT2D eigenvalue weighted by atomic mass is 10.00. The normalized spacial score (nSPS) is 18.1. The molecule has 7 heteroatoms. The Bertz CT molecular complexity index is 590. The predicted molar refractivity (Wildman–Crippen MR) is 103 cm³/mol. The van der Waals surface area contributed by atoms with Crippen molar-refractivity contribution in [3.05, 3.63) is 17.0 Å². The first kappa shape index (κ1) is 20.3. The molecule has 1 aliphatic rings. The maximum atomic E-state index is 12.3. The molecule has 0 aliphatic carbocycles. The van der Waals surface area contributed by atoms with Crippen LogP contribution in [-0.4, -0.2) is 48.6 Å². The summed E-state index contributed by atoms with van der Waals surface area (Å²) in [7, 11) is 1.73. The highest BCUT2D eigenvalue weighted by Gasteiger charge is 2.20. The molecule has 1 saturated heterocycles. The molecule has 26 heavy (non-hydrogen) atoms. The number of nitrogens with zero attached hydrogens (tertiary/aromatic N) is 3. The summed E-state index contributed by atoms with van der Waals surface area (Å²) in [6, 6.07) is 0. The molecule has 1 aromatic heterocycles. The van der Waals surface area contributed by atoms with Crippen LogP contribution in [0.25, 0.3) is 0 Å². The number of aromatic nitrogens is 1. The monoisotopic (exact) mass is 363 g/mol. The summed E-state index contributed by atoms with van der Waals surface area (Å²) in [6.45, 7) is 9.32. The van der Waals surface area contributed by atoms with E-state index in [0.717, 1.165) is 49.4 Å². The van der Waals surface area contributed by atoms with E-state index in [1.54, 1.807) is 7.05 Å². The fourth-order valence-electron chi connectivity index (χ4n) is 3.39. The molecular weight excluding hydrogens is 330 g/mol. The average molecular weight is 364 g/mol. The van der Waals surface area contributed by atoms with Gasteiger partial charge in [0.2, 0.25) is 5.91 Å². The predicted octanol–water partition coefficient (Wildman–Crippen LogP) is 2.11. The molecule has 0 spiro atoms. The van der Waals surface area contributed by atoms with Crippen LogP contribution in [0.4, 0.5) is 0 Å². The molecule has 146 valence electrons. The molecular formula is C19H33N5O2. The van der Waals surface area contributed by atoms with Gasteiger partial charge < -0.3 is 20.1 Å². The minimum atomic E-state index is 0.222. The Kier molecular flexibility index (Phi) is 7.94. The Morgan fingerprint density at radius 3 is 2.81 bits per heavy atom. The van der Waals surface area contributed by atoms with Crippen molar-refractivity contribution in [2.75, 3.05) is 26.7 Å². The molecule has 1 amide bonds. The molecule has 1 aromatic rings. The zero-order valence-electron chi connectivity index (χ0n) is 16.6. The Morgan fingerprint density at radius 1 is 1.35 bits per heavy atom. The largest absolute Gasteiger partial charge is 0.361 e. The number of hydrogen-bond acceptors (Lipinski definition) is 4. The Labute approximate surface area is 156 Å². The summed E-state index contributed by atoms with van der Waals surface area (Å²) in [5.74, 6) is 2.44. The summed E-state index contributed by atoms with van der Waals surface area (Å²) in [5, 5.41) is 10.7. The third kappa shape index (κ3) is 5.47. The third-order valence-corrected chi connectivity index (χ3v) is 4.90. The quantitative estimate of drug-likeness (QED) is 0.573. The molecule has 1 unspecified atom stereocenters. The topological polar surface area (TPSA) is 82.8 Å². The zero-order chi connectivity index (χ0) is 18.9. The van der Waals surface area contributed by atoms with Crippen LogP contribution in [-0.2, 0) is 24.2 Å². The molecule has 0 bridgehead atoms. The number of aryl methyl sites for hydroxylation is 2. The molecule has 7 nitrogen and oxygen atoms in total. The van der Waals surface area contributed by atoms with Gasteiger partial charge in [-0.3, -0.25) is 9.79 Å². The van der Waals surface area contributed by atoms with Crippen LogP contribution in [0.5, 0.6) is 0 Å². The minimum absolute atomic E-state index is 0.222. The van der Waals surface area contributed by atoms with Crippen molar-refractivity contribution >= 4 is 11.9 Å². The number of guanidine groups is 1. The van der Waals surface area contributed by atoms with Gasteiger partial charge in [0.25, 0.3) is 0 Å². The molecule has 2 heterocycles. The van der Waals surface area contributed by atoms with E-state index < -0.39 is 0 Å². The summed E-state index contributed by atoms with van der Waals surface area (Å²) in [5.41, 5.74) is 2.09. The van der Waals surface area contributed by atoms with Crippen molar-refractivity contribution in [2.45, 2.75) is 59.4 Å². The average Bonchev–Trinajstić information content (AvgIpc) is 3.06. The van der Waals surface area contributed by atoms with Gasteiger partial charge >= 0.3 is 0 Å². The zero-order valence-corrected chi connectivity index (χ0v) is 16.6. The second kappa shape index (κ2) is 10.2. The van der Waals surface area contributed by atoms with Gasteiger partial charge in [-0.1, -0.05) is 25.9 Å². The molecule has 2 rings (SSSR count). The molecule has 0 aromatic carbocycles. The first-order valence-corrected chi connectivity index (χ1v) is 9.77. The van der Waals surface area contributed by atoms with E-state index in [1.165, 1.54) is 6.42 Å². The van der Waals surface area contributed by atoms with Gasteiger partial charge in [-0.05, 0) is 25.2 Å². The molecule has 0 radical (unpaired) electrons. The van der Waals surface area contributed by atoms with Crippen molar-refractivity contribution in [2.24, 2.45) is 10.9 Å². The van der Waals surface area contributed by atoms with E-state index in [1.807, 2.05) is 4.90 Å². The van der Waals surface area contributed by atoms with E-state index in [9.17, 15) is 4.79 Å². The highest BCUT2D eigenvalue weighted by Crippen LogP contribution is 2.16. The van der Waals surface area contributed by atoms with Crippen molar-refractivity contribution in [1.82, 2.24) is 20.7 Å². The summed E-state index contributed by atoms with van der Waals surface area (Å²) in [4.78, 5) is 18.6. The first-order valence-electron chi connectivity index (χ1n) is 9.77. The number of rotatable bonds is 7. The summed E-state index contributed by atoms with van der Waals surface area (Å²) < 4.78 is 5.39. The molecule has 1 atom stereocenters. The fraction of sp³-hybridized carbons (Fsp3) is 0.737. The lowest BCUT2D eigenvalue weighted by molar-refractivity contribution is -0.132. The first-order chi connectivity index (χ1) is 12.6. The fourth-order valence-corrected chi connectivity index (χ4v) is 3.39. The highest BCUT2D eigenvalue weighted by atomic mass is 16.5. The van der Waals surface area contributed by atoms with Gasteiger partial charge in [0.15, 0.2) is 5.96 Å². The lowest BCUT2D eigenvalue weighted by Crippen LogP contribution is -2.42. The van der Waals surface area contributed by atoms with Crippen LogP contribution in [0.2, 0.25) is 0 Å². The maximum Gasteiger partial charge on any atom is 0.224 e. The molecule has 0 saturated carbocycles. The van der Waals surface area contributed by atoms with E-state index in [0.29, 0.717) is 31.4 Å². The molecule has 1 fully saturated rings. The van der Waals surface area contributed by atoms with Crippen LogP contribution in [0.1, 0.15) is 57.1 Å². The summed E-state index contributed by atoms with van der Waals surface area (Å²) in [6.07, 6.45) is 4.48. The van der Waals surface area contributed by atoms with Crippen LogP contribution in [0.3, 0.4) is 0 Å². The number of carbonyl (C=O) groups is 1. The van der Waals surface area contributed by atoms with Crippen molar-refractivity contribution in [1.29, 1.82) is 0 Å². The Morgan fingerprint density at radius 2 is 2.15 bits per heavy atom. The number of nitrogens with one attached hydrogen (secondary N) is 2. The van der Waals surface area contributed by atoms with Gasteiger partial charge in [0.1, 0.15) is 5.76 Å². The van der Waals surface area contributed by atoms with Gasteiger partial charge in [-0.15, -0.1) is 0 Å². The number of likely N-dealkylation sites (tertiary alicyclic amines) is 1. The number of aliphatic imine (C=N–C) groups is 1. The standard InChI is InChI=1S/C19H33N5O2/c1-5-16-15(17(6-2)26-23-16)12-22-19(20-4)21-10-9-18(25)24-11-7-8-14(3)13-24/h14H,5-13H2,1-4H3,(H2,20,21,22). The van der Waals surface area contributed by atoms with E-state index in [4.69, 9.17) is 4.52 Å². The number of hydrogen-bond donors (Lipinski definition) is 2. The third-order valence-electron chi connectivity index (χ3n) is 4.90. The second-order valence-corrected chi connectivity index (χ2v) is 6.93. The van der Waals surface area contributed by atoms with Crippen molar-refractivity contribution in [3.63, 3.8) is 0 Å². The van der Waals surface area contributed by atoms with Crippen LogP contribution >= 0.6 is 0 Å². The van der Waals surface area contributed by atoms with E-state index in [2.05, 4.69) is 41.6 Å². The van der Waals surface area contributed by atoms with Crippen LogP contribution in [0.15, 0.2) is 9.52 Å². The van der Waals surface area contributed by atoms with Gasteiger partial charge in [0.05, 0.1) is 5.69 Å². The number of carbonyl (C=O) groups excluding carboxylic acids is 1. The molecule has 1 aliphatic heterocycles. The smallest absolute Gasteiger partial charge is 0.224 e. The van der Waals surface area contributed by atoms with Gasteiger partial charge in [-0.2, -0.15) is 0 Å². The SMILES string of the molecule is CCc1noc(CC)c1CNC(=NC)NCCC(=O)N1CCCC(C)C1. The number of amides is 1. The highest BCUT2D eigenvalue weighted by molar-refractivity contribution is 5.81. The second-order valence-electron chi connectivity index (χ2n) is 6.93. The maximum absolute atomic E-state index is 12.3. The summed E-state index contributed by atoms with van der Waals surface area (Å²) >= 11 is 0. The number of piperidine rings is 1. The minimum Gasteiger partial charge on any atom is -0.361 e. The van der Waals surface area contributed by atoms with Crippen LogP contribution in [0, 0.1) is 5.92 Å².